The molecular formula is C12H10BrN2O4S-. The molecule has 1 aliphatic rings. The van der Waals surface area contributed by atoms with Crippen molar-refractivity contribution < 1.29 is 19.5 Å². The summed E-state index contributed by atoms with van der Waals surface area (Å²) in [4.78, 5) is 35.0. The number of imide groups is 1. The molecule has 0 bridgehead atoms. The molecule has 1 aromatic rings. The van der Waals surface area contributed by atoms with E-state index in [9.17, 15) is 19.5 Å². The van der Waals surface area contributed by atoms with Crippen LogP contribution in [-0.4, -0.2) is 33.9 Å². The summed E-state index contributed by atoms with van der Waals surface area (Å²) in [5, 5.41) is 12.1. The van der Waals surface area contributed by atoms with Gasteiger partial charge in [0.15, 0.2) is 5.37 Å². The van der Waals surface area contributed by atoms with Crippen LogP contribution in [0.1, 0.15) is 6.42 Å². The van der Waals surface area contributed by atoms with E-state index in [1.165, 1.54) is 0 Å². The Hall–Kier alpha value is -1.54. The number of thioether (sulfide) groups is 1. The highest BCUT2D eigenvalue weighted by Gasteiger charge is 2.39. The lowest BCUT2D eigenvalue weighted by Crippen LogP contribution is -2.37. The Labute approximate surface area is 127 Å². The second-order valence-electron chi connectivity index (χ2n) is 4.03. The summed E-state index contributed by atoms with van der Waals surface area (Å²) in [6.45, 7) is -0.161. The summed E-state index contributed by atoms with van der Waals surface area (Å²) in [5.41, 5.74) is 0.702. The van der Waals surface area contributed by atoms with Gasteiger partial charge in [-0.2, -0.15) is 0 Å². The molecule has 8 heteroatoms. The van der Waals surface area contributed by atoms with Crippen molar-refractivity contribution in [1.82, 2.24) is 4.90 Å². The molecule has 1 N–H and O–H groups in total. The Kier molecular flexibility index (Phi) is 4.66. The predicted octanol–water partition coefficient (Wildman–Crippen LogP) is 1.02. The Morgan fingerprint density at radius 3 is 2.60 bits per heavy atom. The van der Waals surface area contributed by atoms with Crippen molar-refractivity contribution in [2.24, 2.45) is 0 Å². The highest BCUT2D eigenvalue weighted by Crippen LogP contribution is 2.28. The van der Waals surface area contributed by atoms with Gasteiger partial charge in [0, 0.05) is 29.1 Å². The molecule has 2 amide bonds. The van der Waals surface area contributed by atoms with Crippen LogP contribution < -0.4 is 10.4 Å². The average molecular weight is 358 g/mol. The number of carboxylic acid groups (broad SMARTS) is 1. The number of carbonyl (C=O) groups is 3. The first-order valence-electron chi connectivity index (χ1n) is 5.71. The maximum atomic E-state index is 12.0. The third-order valence-corrected chi connectivity index (χ3v) is 4.12. The third-order valence-electron chi connectivity index (χ3n) is 2.61. The van der Waals surface area contributed by atoms with Crippen molar-refractivity contribution in [3.05, 3.63) is 28.7 Å². The zero-order valence-corrected chi connectivity index (χ0v) is 12.6. The van der Waals surface area contributed by atoms with Gasteiger partial charge < -0.3 is 15.2 Å². The van der Waals surface area contributed by atoms with E-state index >= 15 is 0 Å². The first-order chi connectivity index (χ1) is 9.47. The van der Waals surface area contributed by atoms with E-state index in [0.29, 0.717) is 5.69 Å². The fraction of sp³-hybridized carbons (Fsp3) is 0.250. The lowest BCUT2D eigenvalue weighted by Gasteiger charge is -2.15. The van der Waals surface area contributed by atoms with Crippen molar-refractivity contribution in [3.8, 4) is 0 Å². The van der Waals surface area contributed by atoms with Gasteiger partial charge >= 0.3 is 0 Å². The van der Waals surface area contributed by atoms with E-state index in [2.05, 4.69) is 21.2 Å². The minimum Gasteiger partial charge on any atom is -0.550 e. The zero-order valence-electron chi connectivity index (χ0n) is 10.2. The number of carbonyl (C=O) groups excluding carboxylic acids is 3. The number of rotatable bonds is 5. The topological polar surface area (TPSA) is 89.5 Å². The molecule has 1 heterocycles. The van der Waals surface area contributed by atoms with Crippen LogP contribution in [0.15, 0.2) is 28.7 Å². The van der Waals surface area contributed by atoms with Crippen LogP contribution in [0.5, 0.6) is 0 Å². The minimum absolute atomic E-state index is 0.161. The molecule has 1 aromatic carbocycles. The molecule has 0 aromatic heterocycles. The van der Waals surface area contributed by atoms with E-state index in [1.54, 1.807) is 12.1 Å². The maximum Gasteiger partial charge on any atom is 0.290 e. The second-order valence-corrected chi connectivity index (χ2v) is 6.00. The molecule has 106 valence electrons. The second kappa shape index (κ2) is 6.27. The lowest BCUT2D eigenvalue weighted by atomic mass is 10.3. The first kappa shape index (κ1) is 14.9. The molecule has 0 radical (unpaired) electrons. The van der Waals surface area contributed by atoms with Gasteiger partial charge in [0.05, 0.1) is 0 Å². The number of nitrogens with one attached hydrogen (secondary N) is 1. The van der Waals surface area contributed by atoms with Gasteiger partial charge in [0.1, 0.15) is 0 Å². The quantitative estimate of drug-likeness (QED) is 0.846. The molecule has 0 aliphatic carbocycles. The van der Waals surface area contributed by atoms with E-state index in [0.717, 1.165) is 21.1 Å². The molecule has 0 spiro atoms. The van der Waals surface area contributed by atoms with Gasteiger partial charge in [0.25, 0.3) is 11.1 Å². The van der Waals surface area contributed by atoms with Crippen molar-refractivity contribution in [3.63, 3.8) is 0 Å². The lowest BCUT2D eigenvalue weighted by molar-refractivity contribution is -0.305. The largest absolute Gasteiger partial charge is 0.550 e. The minimum atomic E-state index is -1.29. The number of benzene rings is 1. The molecule has 2 rings (SSSR count). The van der Waals surface area contributed by atoms with Gasteiger partial charge in [-0.05, 0) is 36.0 Å². The Morgan fingerprint density at radius 1 is 1.35 bits per heavy atom. The van der Waals surface area contributed by atoms with E-state index in [1.807, 2.05) is 12.1 Å². The molecule has 20 heavy (non-hydrogen) atoms. The Bertz CT molecular complexity index is 549. The molecule has 6 nitrogen and oxygen atoms in total. The Morgan fingerprint density at radius 2 is 2.00 bits per heavy atom. The average Bonchev–Trinajstić information content (AvgIpc) is 2.65. The van der Waals surface area contributed by atoms with Crippen molar-refractivity contribution in [2.45, 2.75) is 11.8 Å². The normalized spacial score (nSPS) is 18.4. The standard InChI is InChI=1S/C12H11BrN2O4S/c13-7-1-3-8(4-2-7)14-10-11(18)15(12(19)20-10)6-5-9(16)17/h1-4,10,14H,5-6H2,(H,16,17)/p-1. The van der Waals surface area contributed by atoms with Crippen LogP contribution in [0.4, 0.5) is 10.5 Å². The highest BCUT2D eigenvalue weighted by atomic mass is 79.9. The van der Waals surface area contributed by atoms with E-state index in [-0.39, 0.29) is 13.0 Å². The number of halogens is 1. The van der Waals surface area contributed by atoms with Crippen LogP contribution in [0.25, 0.3) is 0 Å². The van der Waals surface area contributed by atoms with Crippen LogP contribution in [0.2, 0.25) is 0 Å². The van der Waals surface area contributed by atoms with Crippen LogP contribution in [-0.2, 0) is 9.59 Å². The molecular weight excluding hydrogens is 348 g/mol. The van der Waals surface area contributed by atoms with Crippen LogP contribution >= 0.6 is 27.7 Å². The zero-order chi connectivity index (χ0) is 14.7. The Balaban J connectivity index is 2.00. The van der Waals surface area contributed by atoms with Crippen LogP contribution in [0, 0.1) is 0 Å². The van der Waals surface area contributed by atoms with Gasteiger partial charge in [-0.3, -0.25) is 14.5 Å². The number of anilines is 1. The summed E-state index contributed by atoms with van der Waals surface area (Å²) in [6.07, 6.45) is -0.358. The fourth-order valence-corrected chi connectivity index (χ4v) is 2.84. The smallest absolute Gasteiger partial charge is 0.290 e. The number of hydrogen-bond acceptors (Lipinski definition) is 6. The highest BCUT2D eigenvalue weighted by molar-refractivity contribution is 9.10. The summed E-state index contributed by atoms with van der Waals surface area (Å²) in [5.74, 6) is -1.73. The van der Waals surface area contributed by atoms with Crippen molar-refractivity contribution in [2.75, 3.05) is 11.9 Å². The van der Waals surface area contributed by atoms with E-state index < -0.39 is 22.5 Å². The fourth-order valence-electron chi connectivity index (χ4n) is 1.64. The van der Waals surface area contributed by atoms with Crippen molar-refractivity contribution >= 4 is 50.5 Å². The summed E-state index contributed by atoms with van der Waals surface area (Å²) < 4.78 is 0.903. The van der Waals surface area contributed by atoms with Gasteiger partial charge in [-0.25, -0.2) is 0 Å². The number of aliphatic carboxylic acids is 1. The first-order valence-corrected chi connectivity index (χ1v) is 7.38. The molecule has 1 fully saturated rings. The summed E-state index contributed by atoms with van der Waals surface area (Å²) >= 11 is 4.13. The molecule has 1 aliphatic heterocycles. The molecule has 1 unspecified atom stereocenters. The third kappa shape index (κ3) is 3.51. The van der Waals surface area contributed by atoms with E-state index in [4.69, 9.17) is 0 Å². The van der Waals surface area contributed by atoms with Gasteiger partial charge in [-0.15, -0.1) is 0 Å². The summed E-state index contributed by atoms with van der Waals surface area (Å²) in [7, 11) is 0. The number of hydrogen-bond donors (Lipinski definition) is 1. The molecule has 1 atom stereocenters. The van der Waals surface area contributed by atoms with Crippen molar-refractivity contribution in [1.29, 1.82) is 0 Å². The maximum absolute atomic E-state index is 12.0. The monoisotopic (exact) mass is 357 g/mol. The number of amides is 2. The number of carboxylic acids is 1. The number of nitrogens with zero attached hydrogens (tertiary/aromatic N) is 1. The van der Waals surface area contributed by atoms with Gasteiger partial charge in [0.2, 0.25) is 0 Å². The molecule has 0 saturated carbocycles. The predicted molar refractivity (Wildman–Crippen MR) is 75.9 cm³/mol. The summed E-state index contributed by atoms with van der Waals surface area (Å²) in [6, 6.07) is 7.16. The van der Waals surface area contributed by atoms with Gasteiger partial charge in [-0.1, -0.05) is 15.9 Å². The van der Waals surface area contributed by atoms with Crippen LogP contribution in [0.3, 0.4) is 0 Å². The molecule has 1 saturated heterocycles. The SMILES string of the molecule is O=C([O-])CCN1C(=O)SC(Nc2ccc(Br)cc2)C1=O.